The molecule has 4 heteroatoms. The minimum atomic E-state index is -0.815. The van der Waals surface area contributed by atoms with E-state index in [0.717, 1.165) is 0 Å². The summed E-state index contributed by atoms with van der Waals surface area (Å²) in [5.41, 5.74) is 0. The SMILES string of the molecule is CCCCN(CCCC)S(C)(I)N(CCCC)CCCC. The highest BCUT2D eigenvalue weighted by Crippen LogP contribution is 2.59. The zero-order valence-electron chi connectivity index (χ0n) is 15.2. The Kier molecular flexibility index (Phi) is 14.1. The molecule has 0 aliphatic rings. The predicted molar refractivity (Wildman–Crippen MR) is 110 cm³/mol. The Morgan fingerprint density at radius 2 is 0.857 bits per heavy atom. The van der Waals surface area contributed by atoms with Gasteiger partial charge in [0.25, 0.3) is 0 Å². The Hall–Kier alpha value is 1.00. The summed E-state index contributed by atoms with van der Waals surface area (Å²) in [5.74, 6) is 0. The molecule has 0 amide bonds. The molecule has 130 valence electrons. The van der Waals surface area contributed by atoms with E-state index in [0.29, 0.717) is 0 Å². The van der Waals surface area contributed by atoms with Crippen LogP contribution in [0.5, 0.6) is 0 Å². The Labute approximate surface area is 148 Å². The van der Waals surface area contributed by atoms with E-state index in [1.807, 2.05) is 0 Å². The highest BCUT2D eigenvalue weighted by molar-refractivity contribution is 14.2. The number of hydrogen-bond donors (Lipinski definition) is 0. The monoisotopic (exact) mass is 430 g/mol. The van der Waals surface area contributed by atoms with Crippen LogP contribution in [0.25, 0.3) is 0 Å². The van der Waals surface area contributed by atoms with Gasteiger partial charge in [-0.05, 0) is 31.9 Å². The lowest BCUT2D eigenvalue weighted by Gasteiger charge is -2.49. The average Bonchev–Trinajstić information content (AvgIpc) is 2.47. The van der Waals surface area contributed by atoms with Gasteiger partial charge in [0.15, 0.2) is 0 Å². The van der Waals surface area contributed by atoms with E-state index in [-0.39, 0.29) is 0 Å². The van der Waals surface area contributed by atoms with Crippen molar-refractivity contribution in [1.82, 2.24) is 8.61 Å². The summed E-state index contributed by atoms with van der Waals surface area (Å²) >= 11 is 2.79. The summed E-state index contributed by atoms with van der Waals surface area (Å²) in [6.45, 7) is 14.3. The molecule has 0 heterocycles. The minimum Gasteiger partial charge on any atom is -0.248 e. The summed E-state index contributed by atoms with van der Waals surface area (Å²) in [5, 5.41) is 0. The van der Waals surface area contributed by atoms with Crippen molar-refractivity contribution < 1.29 is 0 Å². The van der Waals surface area contributed by atoms with Gasteiger partial charge in [0.1, 0.15) is 0 Å². The summed E-state index contributed by atoms with van der Waals surface area (Å²) < 4.78 is 5.62. The molecule has 0 aromatic carbocycles. The molecule has 0 aromatic heterocycles. The van der Waals surface area contributed by atoms with E-state index in [1.54, 1.807) is 0 Å². The van der Waals surface area contributed by atoms with Crippen LogP contribution < -0.4 is 0 Å². The molecule has 0 aliphatic carbocycles. The third-order valence-corrected chi connectivity index (χ3v) is 9.94. The smallest absolute Gasteiger partial charge is 0.00920 e. The van der Waals surface area contributed by atoms with Gasteiger partial charge in [0, 0.05) is 47.4 Å². The first kappa shape index (κ1) is 22.0. The van der Waals surface area contributed by atoms with Gasteiger partial charge in [-0.1, -0.05) is 60.9 Å². The van der Waals surface area contributed by atoms with E-state index < -0.39 is 7.57 Å². The minimum absolute atomic E-state index is 0.815. The highest BCUT2D eigenvalue weighted by Gasteiger charge is 2.29. The fourth-order valence-corrected chi connectivity index (χ4v) is 6.93. The van der Waals surface area contributed by atoms with Crippen molar-refractivity contribution in [1.29, 1.82) is 0 Å². The van der Waals surface area contributed by atoms with Crippen LogP contribution in [-0.2, 0) is 0 Å². The molecule has 0 saturated heterocycles. The number of nitrogens with zero attached hydrogens (tertiary/aromatic N) is 2. The van der Waals surface area contributed by atoms with E-state index in [1.165, 1.54) is 77.5 Å². The third kappa shape index (κ3) is 9.01. The van der Waals surface area contributed by atoms with Gasteiger partial charge in [-0.2, -0.15) is 0 Å². The molecule has 0 saturated carbocycles. The maximum atomic E-state index is 2.81. The maximum Gasteiger partial charge on any atom is 0.00920 e. The van der Waals surface area contributed by atoms with Crippen molar-refractivity contribution in [2.45, 2.75) is 79.1 Å². The normalized spacial score (nSPS) is 13.3. The first-order chi connectivity index (χ1) is 10.0. The third-order valence-electron chi connectivity index (χ3n) is 3.99. The number of unbranched alkanes of at least 4 members (excludes halogenated alkanes) is 4. The Morgan fingerprint density at radius 3 is 1.05 bits per heavy atom. The zero-order valence-corrected chi connectivity index (χ0v) is 18.1. The second-order valence-electron chi connectivity index (χ2n) is 6.01. The number of hydrogen-bond acceptors (Lipinski definition) is 2. The standard InChI is InChI=1S/C17H39IN2S/c1-6-10-14-19(15-11-7-2)21(5,18)20(16-12-8-3)17-13-9-4/h6-17H2,1-5H3. The molecule has 0 unspecified atom stereocenters. The summed E-state index contributed by atoms with van der Waals surface area (Å²) in [6, 6.07) is 0. The van der Waals surface area contributed by atoms with Crippen molar-refractivity contribution >= 4 is 28.8 Å². The van der Waals surface area contributed by atoms with Gasteiger partial charge >= 0.3 is 0 Å². The molecule has 0 radical (unpaired) electrons. The molecule has 0 N–H and O–H groups in total. The molecule has 0 aromatic rings. The lowest BCUT2D eigenvalue weighted by molar-refractivity contribution is 0.378. The van der Waals surface area contributed by atoms with E-state index in [2.05, 4.69) is 63.8 Å². The summed E-state index contributed by atoms with van der Waals surface area (Å²) in [7, 11) is -0.815. The van der Waals surface area contributed by atoms with Gasteiger partial charge in [-0.3, -0.25) is 0 Å². The van der Waals surface area contributed by atoms with Crippen LogP contribution in [0.4, 0.5) is 0 Å². The van der Waals surface area contributed by atoms with Crippen molar-refractivity contribution in [3.8, 4) is 0 Å². The fraction of sp³-hybridized carbons (Fsp3) is 1.00. The molecule has 0 atom stereocenters. The van der Waals surface area contributed by atoms with Gasteiger partial charge in [-0.25, -0.2) is 8.61 Å². The zero-order chi connectivity index (χ0) is 16.1. The van der Waals surface area contributed by atoms with Crippen LogP contribution in [0, 0.1) is 0 Å². The molecule has 0 fully saturated rings. The van der Waals surface area contributed by atoms with Crippen LogP contribution in [0.3, 0.4) is 0 Å². The molecular formula is C17H39IN2S. The van der Waals surface area contributed by atoms with Gasteiger partial charge in [0.05, 0.1) is 0 Å². The average molecular weight is 430 g/mol. The number of rotatable bonds is 14. The topological polar surface area (TPSA) is 6.48 Å². The molecule has 2 nitrogen and oxygen atoms in total. The van der Waals surface area contributed by atoms with Crippen molar-refractivity contribution in [2.75, 3.05) is 32.4 Å². The van der Waals surface area contributed by atoms with Crippen molar-refractivity contribution in [3.63, 3.8) is 0 Å². The molecule has 0 aliphatic heterocycles. The van der Waals surface area contributed by atoms with Crippen LogP contribution >= 0.6 is 28.8 Å². The molecule has 0 bridgehead atoms. The van der Waals surface area contributed by atoms with Crippen molar-refractivity contribution in [3.05, 3.63) is 0 Å². The van der Waals surface area contributed by atoms with Gasteiger partial charge in [0.2, 0.25) is 0 Å². The van der Waals surface area contributed by atoms with Crippen LogP contribution in [0.15, 0.2) is 0 Å². The van der Waals surface area contributed by atoms with Crippen LogP contribution in [-0.4, -0.2) is 41.0 Å². The Morgan fingerprint density at radius 1 is 0.619 bits per heavy atom. The maximum absolute atomic E-state index is 2.81. The molecule has 0 spiro atoms. The van der Waals surface area contributed by atoms with Gasteiger partial charge < -0.3 is 0 Å². The lowest BCUT2D eigenvalue weighted by Crippen LogP contribution is -2.38. The van der Waals surface area contributed by atoms with E-state index >= 15 is 0 Å². The Balaban J connectivity index is 4.84. The van der Waals surface area contributed by atoms with E-state index in [9.17, 15) is 0 Å². The second-order valence-corrected chi connectivity index (χ2v) is 13.5. The number of halogens is 1. The fourth-order valence-electron chi connectivity index (χ4n) is 2.39. The molecule has 21 heavy (non-hydrogen) atoms. The van der Waals surface area contributed by atoms with E-state index in [4.69, 9.17) is 0 Å². The molecular weight excluding hydrogens is 391 g/mol. The summed E-state index contributed by atoms with van der Waals surface area (Å²) in [6.07, 6.45) is 13.1. The van der Waals surface area contributed by atoms with Crippen molar-refractivity contribution in [2.24, 2.45) is 0 Å². The quantitative estimate of drug-likeness (QED) is 0.294. The van der Waals surface area contributed by atoms with Gasteiger partial charge in [-0.15, -0.1) is 0 Å². The first-order valence-electron chi connectivity index (χ1n) is 9.02. The largest absolute Gasteiger partial charge is 0.248 e. The lowest BCUT2D eigenvalue weighted by atomic mass is 10.3. The predicted octanol–water partition coefficient (Wildman–Crippen LogP) is 6.41. The summed E-state index contributed by atoms with van der Waals surface area (Å²) in [4.78, 5) is 0. The highest BCUT2D eigenvalue weighted by atomic mass is 127. The van der Waals surface area contributed by atoms with Crippen LogP contribution in [0.2, 0.25) is 0 Å². The second kappa shape index (κ2) is 13.4. The Bertz CT molecular complexity index is 199. The van der Waals surface area contributed by atoms with Crippen LogP contribution in [0.1, 0.15) is 79.1 Å². The first-order valence-corrected chi connectivity index (χ1v) is 13.5. The molecule has 0 rings (SSSR count).